The van der Waals surface area contributed by atoms with Crippen LogP contribution in [0.25, 0.3) is 0 Å². The van der Waals surface area contributed by atoms with Crippen LogP contribution in [0.4, 0.5) is 0 Å². The second-order valence-corrected chi connectivity index (χ2v) is 24.6. The third kappa shape index (κ3) is 10.9. The van der Waals surface area contributed by atoms with Crippen LogP contribution in [0.2, 0.25) is 0 Å². The van der Waals surface area contributed by atoms with Crippen LogP contribution in [0, 0.1) is 13.8 Å². The van der Waals surface area contributed by atoms with Crippen LogP contribution in [0.1, 0.15) is 208 Å². The van der Waals surface area contributed by atoms with Gasteiger partial charge in [-0.25, -0.2) is 0 Å². The van der Waals surface area contributed by atoms with Gasteiger partial charge in [-0.1, -0.05) is 177 Å². The molecule has 0 aliphatic rings. The first kappa shape index (κ1) is 50.4. The van der Waals surface area contributed by atoms with Crippen LogP contribution in [-0.2, 0) is 57.1 Å². The normalized spacial score (nSPS) is 13.2. The third-order valence-electron chi connectivity index (χ3n) is 12.7. The molecule has 4 aromatic carbocycles. The molecule has 0 bridgehead atoms. The summed E-state index contributed by atoms with van der Waals surface area (Å²) in [6.07, 6.45) is 2.49. The minimum atomic E-state index is -0.0912. The monoisotopic (exact) mass is 895 g/mol. The lowest BCUT2D eigenvalue weighted by Gasteiger charge is -2.31. The molecule has 4 aromatic rings. The number of hydrogen-bond acceptors (Lipinski definition) is 3. The predicted molar refractivity (Wildman–Crippen MR) is 268 cm³/mol. The molecule has 0 radical (unpaired) electrons. The molecule has 0 N–H and O–H groups in total. The van der Waals surface area contributed by atoms with E-state index in [4.69, 9.17) is 14.2 Å². The summed E-state index contributed by atoms with van der Waals surface area (Å²) in [6.45, 7) is 46.2. The van der Waals surface area contributed by atoms with Crippen molar-refractivity contribution in [3.05, 3.63) is 120 Å². The van der Waals surface area contributed by atoms with Gasteiger partial charge in [0.25, 0.3) is 0 Å². The van der Waals surface area contributed by atoms with Gasteiger partial charge in [-0.05, 0) is 116 Å². The maximum absolute atomic E-state index is 6.23. The van der Waals surface area contributed by atoms with Gasteiger partial charge in [-0.2, -0.15) is 0 Å². The van der Waals surface area contributed by atoms with Crippen LogP contribution in [-0.4, -0.2) is 21.3 Å². The Hall–Kier alpha value is -3.24. The van der Waals surface area contributed by atoms with Crippen LogP contribution >= 0.6 is 15.9 Å². The smallest absolute Gasteiger partial charge is 0.126 e. The number of halogens is 1. The van der Waals surface area contributed by atoms with Gasteiger partial charge in [0, 0.05) is 38.7 Å². The van der Waals surface area contributed by atoms with Gasteiger partial charge in [0.15, 0.2) is 0 Å². The Kier molecular flexibility index (Phi) is 14.7. The fraction of sp³-hybridized carbons (Fsp3) is 0.579. The van der Waals surface area contributed by atoms with E-state index in [2.05, 4.69) is 191 Å². The number of rotatable bonds is 10. The largest absolute Gasteiger partial charge is 0.496 e. The summed E-state index contributed by atoms with van der Waals surface area (Å²) < 4.78 is 18.7. The van der Waals surface area contributed by atoms with Gasteiger partial charge in [-0.15, -0.1) is 0 Å². The summed E-state index contributed by atoms with van der Waals surface area (Å²) in [4.78, 5) is 0. The molecule has 0 saturated carbocycles. The first-order valence-corrected chi connectivity index (χ1v) is 23.7. The highest BCUT2D eigenvalue weighted by Gasteiger charge is 2.32. The molecule has 0 amide bonds. The van der Waals surface area contributed by atoms with Crippen LogP contribution in [0.15, 0.2) is 36.4 Å². The molecule has 3 nitrogen and oxygen atoms in total. The molecule has 0 aliphatic carbocycles. The predicted octanol–water partition coefficient (Wildman–Crippen LogP) is 15.8. The van der Waals surface area contributed by atoms with Crippen molar-refractivity contribution in [2.24, 2.45) is 0 Å². The molecular weight excluding hydrogens is 813 g/mol. The van der Waals surface area contributed by atoms with Crippen LogP contribution in [0.3, 0.4) is 0 Å². The number of methoxy groups -OCH3 is 3. The number of benzene rings is 4. The average Bonchev–Trinajstić information content (AvgIpc) is 3.12. The quantitative estimate of drug-likeness (QED) is 0.148. The first-order chi connectivity index (χ1) is 27.7. The summed E-state index contributed by atoms with van der Waals surface area (Å²) in [6, 6.07) is 14.5. The van der Waals surface area contributed by atoms with Crippen molar-refractivity contribution in [3.8, 4) is 17.2 Å². The fourth-order valence-electron chi connectivity index (χ4n) is 9.17. The van der Waals surface area contributed by atoms with Crippen molar-refractivity contribution in [1.82, 2.24) is 0 Å². The zero-order valence-corrected chi connectivity index (χ0v) is 44.5. The molecule has 0 spiro atoms. The summed E-state index contributed by atoms with van der Waals surface area (Å²) in [5, 5.41) is 0.771. The Morgan fingerprint density at radius 2 is 0.541 bits per heavy atom. The lowest BCUT2D eigenvalue weighted by atomic mass is 9.75. The fourth-order valence-corrected chi connectivity index (χ4v) is 9.85. The van der Waals surface area contributed by atoms with Crippen molar-refractivity contribution < 1.29 is 14.2 Å². The van der Waals surface area contributed by atoms with Crippen LogP contribution in [0.5, 0.6) is 17.2 Å². The lowest BCUT2D eigenvalue weighted by Crippen LogP contribution is -2.21. The van der Waals surface area contributed by atoms with E-state index in [1.807, 2.05) is 21.3 Å². The first-order valence-electron chi connectivity index (χ1n) is 22.5. The van der Waals surface area contributed by atoms with E-state index in [-0.39, 0.29) is 32.5 Å². The van der Waals surface area contributed by atoms with Gasteiger partial charge in [0.05, 0.1) is 21.3 Å². The second kappa shape index (κ2) is 17.7. The van der Waals surface area contributed by atoms with Crippen molar-refractivity contribution in [1.29, 1.82) is 0 Å². The van der Waals surface area contributed by atoms with Crippen molar-refractivity contribution >= 4 is 15.9 Å². The van der Waals surface area contributed by atoms with E-state index in [9.17, 15) is 0 Å². The summed E-state index contributed by atoms with van der Waals surface area (Å²) in [5.74, 6) is 3.04. The van der Waals surface area contributed by atoms with E-state index in [1.54, 1.807) is 0 Å². The Bertz CT molecular complexity index is 2010. The molecule has 4 rings (SSSR count). The summed E-state index contributed by atoms with van der Waals surface area (Å²) >= 11 is 4.10. The van der Waals surface area contributed by atoms with Crippen LogP contribution < -0.4 is 14.2 Å². The van der Waals surface area contributed by atoms with Crippen molar-refractivity contribution in [3.63, 3.8) is 0 Å². The Balaban J connectivity index is 2.17. The molecule has 61 heavy (non-hydrogen) atoms. The molecule has 0 aromatic heterocycles. The zero-order valence-electron chi connectivity index (χ0n) is 42.9. The van der Waals surface area contributed by atoms with Gasteiger partial charge in [-0.3, -0.25) is 0 Å². The Morgan fingerprint density at radius 1 is 0.344 bits per heavy atom. The maximum Gasteiger partial charge on any atom is 0.126 e. The highest BCUT2D eigenvalue weighted by Crippen LogP contribution is 2.46. The van der Waals surface area contributed by atoms with E-state index in [0.717, 1.165) is 41.8 Å². The molecule has 0 heterocycles. The standard InChI is InChI=1S/C57H83BrO3/c1-34-39(24-36-27-43(52(3,4)5)49(59-21)44(28-36)53(6,7)8)35(2)41(26-38-31-47(56(15,16)17)51(61-23)48(32-38)57(18,19)20)42(33-58)40(34)25-37-29-45(54(9,10)11)50(60-22)46(30-37)55(12,13)14/h27-32H,24-26,33H2,1-23H3. The molecule has 0 fully saturated rings. The summed E-state index contributed by atoms with van der Waals surface area (Å²) in [7, 11) is 5.49. The van der Waals surface area contributed by atoms with Crippen molar-refractivity contribution in [2.75, 3.05) is 21.3 Å². The molecular formula is C57H83BrO3. The highest BCUT2D eigenvalue weighted by atomic mass is 79.9. The summed E-state index contributed by atoms with van der Waals surface area (Å²) in [5.41, 5.74) is 19.4. The Labute approximate surface area is 382 Å². The van der Waals surface area contributed by atoms with Gasteiger partial charge in [0.1, 0.15) is 17.2 Å². The highest BCUT2D eigenvalue weighted by molar-refractivity contribution is 9.08. The topological polar surface area (TPSA) is 27.7 Å². The van der Waals surface area contributed by atoms with E-state index in [0.29, 0.717) is 0 Å². The average molecular weight is 896 g/mol. The molecule has 0 saturated heterocycles. The number of hydrogen-bond donors (Lipinski definition) is 0. The minimum Gasteiger partial charge on any atom is -0.496 e. The third-order valence-corrected chi connectivity index (χ3v) is 13.3. The molecule has 0 atom stereocenters. The zero-order chi connectivity index (χ0) is 46.6. The van der Waals surface area contributed by atoms with Gasteiger partial charge < -0.3 is 14.2 Å². The van der Waals surface area contributed by atoms with Gasteiger partial charge in [0.2, 0.25) is 0 Å². The second-order valence-electron chi connectivity index (χ2n) is 24.0. The lowest BCUT2D eigenvalue weighted by molar-refractivity contribution is 0.381. The number of ether oxygens (including phenoxy) is 3. The van der Waals surface area contributed by atoms with E-state index < -0.39 is 0 Å². The molecule has 4 heteroatoms. The molecule has 336 valence electrons. The van der Waals surface area contributed by atoms with Gasteiger partial charge >= 0.3 is 0 Å². The number of alkyl halides is 1. The Morgan fingerprint density at radius 3 is 0.705 bits per heavy atom. The SMILES string of the molecule is COc1c(C(C)(C)C)cc(Cc2c(C)c(Cc3cc(C(C)(C)C)c(OC)c(C(C)(C)C)c3)c(CBr)c(Cc3cc(C(C)(C)C)c(OC)c(C(C)(C)C)c3)c2C)cc1C(C)(C)C. The van der Waals surface area contributed by atoms with E-state index in [1.165, 1.54) is 83.5 Å². The molecule has 0 unspecified atom stereocenters. The maximum atomic E-state index is 6.23. The minimum absolute atomic E-state index is 0.0879. The van der Waals surface area contributed by atoms with Crippen molar-refractivity contribution in [2.45, 2.75) is 196 Å². The van der Waals surface area contributed by atoms with E-state index >= 15 is 0 Å². The molecule has 0 aliphatic heterocycles.